The Morgan fingerprint density at radius 2 is 1.70 bits per heavy atom. The first-order valence-electron chi connectivity index (χ1n) is 14.5. The lowest BCUT2D eigenvalue weighted by molar-refractivity contribution is -0.139. The molecule has 3 heteroatoms. The number of rotatable bonds is 5. The fourth-order valence-corrected chi connectivity index (χ4v) is 11.7. The van der Waals surface area contributed by atoms with Crippen molar-refractivity contribution in [2.24, 2.45) is 52.3 Å². The summed E-state index contributed by atoms with van der Waals surface area (Å²) in [6, 6.07) is 0. The number of carbonyl (C=O) groups is 1. The van der Waals surface area contributed by atoms with Crippen molar-refractivity contribution < 1.29 is 4.79 Å². The van der Waals surface area contributed by atoms with Gasteiger partial charge in [0, 0.05) is 7.05 Å². The second-order valence-corrected chi connectivity index (χ2v) is 15.4. The number of carbonyl (C=O) groups excluding carboxylic acids is 1. The van der Waals surface area contributed by atoms with Crippen LogP contribution in [0.1, 0.15) is 112 Å². The van der Waals surface area contributed by atoms with Crippen LogP contribution in [0.2, 0.25) is 0 Å². The molecule has 1 amide bonds. The average molecular weight is 474 g/mol. The van der Waals surface area contributed by atoms with Gasteiger partial charge < -0.3 is 4.90 Å². The third kappa shape index (κ3) is 3.84. The van der Waals surface area contributed by atoms with Gasteiger partial charge in [0.1, 0.15) is 0 Å². The second-order valence-electron chi connectivity index (χ2n) is 14.1. The van der Waals surface area contributed by atoms with E-state index in [0.29, 0.717) is 22.5 Å². The van der Waals surface area contributed by atoms with Crippen molar-refractivity contribution in [3.63, 3.8) is 0 Å². The summed E-state index contributed by atoms with van der Waals surface area (Å²) in [5.74, 6) is 7.52. The Kier molecular flexibility index (Phi) is 6.49. The first-order chi connectivity index (χ1) is 15.6. The highest BCUT2D eigenvalue weighted by molar-refractivity contribution is 8.01. The monoisotopic (exact) mass is 473 g/mol. The van der Waals surface area contributed by atoms with Crippen LogP contribution < -0.4 is 0 Å². The Hall–Kier alpha value is -0.180. The summed E-state index contributed by atoms with van der Waals surface area (Å²) in [6.45, 7) is 12.8. The molecule has 0 aromatic heterocycles. The van der Waals surface area contributed by atoms with Crippen LogP contribution in [0.25, 0.3) is 0 Å². The van der Waals surface area contributed by atoms with Crippen molar-refractivity contribution in [3.8, 4) is 0 Å². The summed E-state index contributed by atoms with van der Waals surface area (Å²) in [7, 11) is 2.09. The van der Waals surface area contributed by atoms with Gasteiger partial charge in [0.25, 0.3) is 0 Å². The zero-order valence-corrected chi connectivity index (χ0v) is 23.3. The molecule has 0 aromatic rings. The summed E-state index contributed by atoms with van der Waals surface area (Å²) in [6.07, 6.45) is 17.0. The molecule has 0 aromatic carbocycles. The molecule has 0 bridgehead atoms. The minimum atomic E-state index is 0.126. The summed E-state index contributed by atoms with van der Waals surface area (Å²) in [5.41, 5.74) is 1.12. The predicted molar refractivity (Wildman–Crippen MR) is 141 cm³/mol. The van der Waals surface area contributed by atoms with Gasteiger partial charge in [-0.1, -0.05) is 53.9 Å². The molecule has 0 unspecified atom stereocenters. The maximum Gasteiger partial charge on any atom is 0.233 e. The lowest BCUT2D eigenvalue weighted by Crippen LogP contribution is -2.57. The maximum absolute atomic E-state index is 12.4. The molecule has 188 valence electrons. The van der Waals surface area contributed by atoms with Gasteiger partial charge in [-0.25, -0.2) is 0 Å². The Labute approximate surface area is 208 Å². The van der Waals surface area contributed by atoms with Crippen LogP contribution in [0.3, 0.4) is 0 Å². The molecular formula is C30H51NOS. The highest BCUT2D eigenvalue weighted by Gasteiger charge is 2.62. The Bertz CT molecular complexity index is 752. The molecule has 5 rings (SSSR count). The van der Waals surface area contributed by atoms with E-state index in [0.717, 1.165) is 41.4 Å². The number of amides is 1. The minimum Gasteiger partial charge on any atom is -0.330 e. The quantitative estimate of drug-likeness (QED) is 0.403. The van der Waals surface area contributed by atoms with Crippen molar-refractivity contribution >= 4 is 17.7 Å². The van der Waals surface area contributed by atoms with E-state index in [9.17, 15) is 4.79 Å². The predicted octanol–water partition coefficient (Wildman–Crippen LogP) is 8.01. The van der Waals surface area contributed by atoms with Crippen molar-refractivity contribution in [1.29, 1.82) is 0 Å². The van der Waals surface area contributed by atoms with Crippen molar-refractivity contribution in [2.75, 3.05) is 12.8 Å². The molecule has 0 N–H and O–H groups in total. The van der Waals surface area contributed by atoms with E-state index in [4.69, 9.17) is 0 Å². The van der Waals surface area contributed by atoms with E-state index in [1.54, 1.807) is 0 Å². The lowest BCUT2D eigenvalue weighted by atomic mass is 9.44. The van der Waals surface area contributed by atoms with Crippen molar-refractivity contribution in [2.45, 2.75) is 117 Å². The van der Waals surface area contributed by atoms with E-state index in [1.807, 2.05) is 11.8 Å². The number of hydrogen-bond donors (Lipinski definition) is 0. The average Bonchev–Trinajstić information content (AvgIpc) is 3.26. The van der Waals surface area contributed by atoms with E-state index in [-0.39, 0.29) is 4.87 Å². The van der Waals surface area contributed by atoms with Gasteiger partial charge in [-0.15, -0.1) is 11.8 Å². The van der Waals surface area contributed by atoms with Gasteiger partial charge >= 0.3 is 0 Å². The summed E-state index contributed by atoms with van der Waals surface area (Å²) in [5, 5.41) is 0. The van der Waals surface area contributed by atoms with E-state index in [1.165, 1.54) is 77.0 Å². The topological polar surface area (TPSA) is 20.3 Å². The number of nitrogens with zero attached hydrogens (tertiary/aromatic N) is 1. The third-order valence-corrected chi connectivity index (χ3v) is 13.9. The van der Waals surface area contributed by atoms with Crippen LogP contribution in [-0.4, -0.2) is 28.5 Å². The van der Waals surface area contributed by atoms with Crippen LogP contribution in [0.15, 0.2) is 0 Å². The Morgan fingerprint density at radius 3 is 2.39 bits per heavy atom. The lowest BCUT2D eigenvalue weighted by Gasteiger charge is -2.63. The summed E-state index contributed by atoms with van der Waals surface area (Å²) >= 11 is 1.97. The van der Waals surface area contributed by atoms with Crippen molar-refractivity contribution in [3.05, 3.63) is 0 Å². The molecule has 9 atom stereocenters. The Morgan fingerprint density at radius 1 is 0.939 bits per heavy atom. The van der Waals surface area contributed by atoms with Crippen LogP contribution >= 0.6 is 11.8 Å². The SMILES string of the molecule is CC(C)CCC[C@@H](C)[C@H]1CC[C@H]2[C@@H]3CC[C@H]4C[C@@]5(CC[C@]4(C)[C@H]3CC[C@]12C)SCC(=O)N5C. The van der Waals surface area contributed by atoms with Gasteiger partial charge in [-0.3, -0.25) is 4.79 Å². The molecule has 1 saturated heterocycles. The second kappa shape index (κ2) is 8.74. The zero-order chi connectivity index (χ0) is 23.6. The summed E-state index contributed by atoms with van der Waals surface area (Å²) in [4.78, 5) is 14.6. The standard InChI is InChI=1S/C30H51NOS/c1-20(2)8-7-9-21(3)24-12-13-25-23-11-10-22-18-30(31(6)27(32)19-33-30)17-16-28(22,4)26(23)14-15-29(24,25)5/h20-26H,7-19H2,1-6H3/t21-,22+,23+,24-,25+,26+,28+,29-,30-/m1/s1. The van der Waals surface area contributed by atoms with Crippen LogP contribution in [-0.2, 0) is 4.79 Å². The van der Waals surface area contributed by atoms with Crippen molar-refractivity contribution in [1.82, 2.24) is 4.90 Å². The smallest absolute Gasteiger partial charge is 0.233 e. The molecule has 2 nitrogen and oxygen atoms in total. The molecule has 5 fully saturated rings. The van der Waals surface area contributed by atoms with Crippen LogP contribution in [0.5, 0.6) is 0 Å². The molecule has 4 saturated carbocycles. The number of hydrogen-bond acceptors (Lipinski definition) is 2. The molecule has 33 heavy (non-hydrogen) atoms. The highest BCUT2D eigenvalue weighted by Crippen LogP contribution is 2.70. The first kappa shape index (κ1) is 24.5. The van der Waals surface area contributed by atoms with Gasteiger partial charge in [-0.2, -0.15) is 0 Å². The minimum absolute atomic E-state index is 0.126. The van der Waals surface area contributed by atoms with Gasteiger partial charge in [0.15, 0.2) is 0 Å². The third-order valence-electron chi connectivity index (χ3n) is 12.3. The molecule has 1 aliphatic heterocycles. The molecule has 1 heterocycles. The molecular weight excluding hydrogens is 422 g/mol. The zero-order valence-electron chi connectivity index (χ0n) is 22.5. The first-order valence-corrected chi connectivity index (χ1v) is 15.5. The highest BCUT2D eigenvalue weighted by atomic mass is 32.2. The molecule has 4 aliphatic carbocycles. The summed E-state index contributed by atoms with van der Waals surface area (Å²) < 4.78 is 0. The van der Waals surface area contributed by atoms with Gasteiger partial charge in [0.05, 0.1) is 10.6 Å². The van der Waals surface area contributed by atoms with Gasteiger partial charge in [0.2, 0.25) is 5.91 Å². The molecule has 5 aliphatic rings. The van der Waals surface area contributed by atoms with Gasteiger partial charge in [-0.05, 0) is 110 Å². The number of fused-ring (bicyclic) bond motifs is 5. The molecule has 1 spiro atoms. The van der Waals surface area contributed by atoms with E-state index in [2.05, 4.69) is 46.6 Å². The fraction of sp³-hybridized carbons (Fsp3) is 0.967. The van der Waals surface area contributed by atoms with E-state index < -0.39 is 0 Å². The fourth-order valence-electron chi connectivity index (χ4n) is 10.3. The normalized spacial score (nSPS) is 48.2. The van der Waals surface area contributed by atoms with Crippen LogP contribution in [0, 0.1) is 52.3 Å². The number of thioether (sulfide) groups is 1. The van der Waals surface area contributed by atoms with E-state index >= 15 is 0 Å². The van der Waals surface area contributed by atoms with Crippen LogP contribution in [0.4, 0.5) is 0 Å². The maximum atomic E-state index is 12.4. The Balaban J connectivity index is 1.29. The molecule has 0 radical (unpaired) electrons. The largest absolute Gasteiger partial charge is 0.330 e.